The van der Waals surface area contributed by atoms with Crippen LogP contribution in [0.4, 0.5) is 16.2 Å². The van der Waals surface area contributed by atoms with E-state index in [0.29, 0.717) is 24.5 Å². The van der Waals surface area contributed by atoms with E-state index in [-0.39, 0.29) is 24.7 Å². The standard InChI is InChI=1S/C14H18N2O4/c1-10(2)20-9-13(17)15-11-4-3-5-12(8-11)16-6-7-19-14(16)18/h3-5,8,10H,6-7,9H2,1-2H3,(H,15,17). The fourth-order valence-electron chi connectivity index (χ4n) is 1.82. The Balaban J connectivity index is 1.99. The first-order chi connectivity index (χ1) is 9.56. The lowest BCUT2D eigenvalue weighted by Gasteiger charge is -2.14. The highest BCUT2D eigenvalue weighted by atomic mass is 16.6. The number of carbonyl (C=O) groups is 2. The van der Waals surface area contributed by atoms with Gasteiger partial charge in [0.15, 0.2) is 0 Å². The van der Waals surface area contributed by atoms with Gasteiger partial charge in [-0.15, -0.1) is 0 Å². The van der Waals surface area contributed by atoms with Gasteiger partial charge >= 0.3 is 6.09 Å². The molecule has 1 saturated heterocycles. The number of carbonyl (C=O) groups excluding carboxylic acids is 2. The summed E-state index contributed by atoms with van der Waals surface area (Å²) in [5.41, 5.74) is 1.33. The zero-order valence-corrected chi connectivity index (χ0v) is 11.6. The van der Waals surface area contributed by atoms with Gasteiger partial charge in [-0.05, 0) is 32.0 Å². The van der Waals surface area contributed by atoms with E-state index in [1.807, 2.05) is 13.8 Å². The van der Waals surface area contributed by atoms with Crippen molar-refractivity contribution in [2.45, 2.75) is 20.0 Å². The van der Waals surface area contributed by atoms with Gasteiger partial charge in [0.2, 0.25) is 5.91 Å². The molecule has 6 heteroatoms. The van der Waals surface area contributed by atoms with Crippen molar-refractivity contribution < 1.29 is 19.1 Å². The van der Waals surface area contributed by atoms with Crippen molar-refractivity contribution in [2.75, 3.05) is 30.0 Å². The summed E-state index contributed by atoms with van der Waals surface area (Å²) in [6.45, 7) is 4.65. The van der Waals surface area contributed by atoms with Gasteiger partial charge in [-0.25, -0.2) is 4.79 Å². The molecule has 0 aliphatic carbocycles. The van der Waals surface area contributed by atoms with E-state index in [2.05, 4.69) is 5.32 Å². The molecule has 1 fully saturated rings. The van der Waals surface area contributed by atoms with Crippen LogP contribution < -0.4 is 10.2 Å². The maximum Gasteiger partial charge on any atom is 0.414 e. The normalized spacial score (nSPS) is 14.6. The molecule has 2 amide bonds. The van der Waals surface area contributed by atoms with Crippen LogP contribution in [0.15, 0.2) is 24.3 Å². The number of ether oxygens (including phenoxy) is 2. The zero-order chi connectivity index (χ0) is 14.5. The highest BCUT2D eigenvalue weighted by Crippen LogP contribution is 2.22. The summed E-state index contributed by atoms with van der Waals surface area (Å²) >= 11 is 0. The average Bonchev–Trinajstić information content (AvgIpc) is 2.83. The smallest absolute Gasteiger partial charge is 0.414 e. The van der Waals surface area contributed by atoms with E-state index in [1.54, 1.807) is 24.3 Å². The minimum absolute atomic E-state index is 0.00598. The molecule has 1 aromatic rings. The number of cyclic esters (lactones) is 1. The van der Waals surface area contributed by atoms with Gasteiger partial charge in [0, 0.05) is 11.4 Å². The molecule has 0 aromatic heterocycles. The third-order valence-corrected chi connectivity index (χ3v) is 2.75. The van der Waals surface area contributed by atoms with Crippen LogP contribution in [-0.4, -0.2) is 37.9 Å². The third kappa shape index (κ3) is 3.71. The molecule has 0 radical (unpaired) electrons. The third-order valence-electron chi connectivity index (χ3n) is 2.75. The monoisotopic (exact) mass is 278 g/mol. The molecule has 6 nitrogen and oxygen atoms in total. The number of nitrogens with zero attached hydrogens (tertiary/aromatic N) is 1. The number of anilines is 2. The second kappa shape index (κ2) is 6.38. The van der Waals surface area contributed by atoms with E-state index in [0.717, 1.165) is 0 Å². The van der Waals surface area contributed by atoms with Gasteiger partial charge in [0.1, 0.15) is 13.2 Å². The Morgan fingerprint density at radius 2 is 2.30 bits per heavy atom. The Morgan fingerprint density at radius 3 is 2.95 bits per heavy atom. The quantitative estimate of drug-likeness (QED) is 0.894. The molecule has 1 aromatic carbocycles. The number of hydrogen-bond acceptors (Lipinski definition) is 4. The topological polar surface area (TPSA) is 67.9 Å². The molecule has 0 atom stereocenters. The average molecular weight is 278 g/mol. The molecule has 0 unspecified atom stereocenters. The van der Waals surface area contributed by atoms with Crippen molar-refractivity contribution in [3.05, 3.63) is 24.3 Å². The van der Waals surface area contributed by atoms with Crippen molar-refractivity contribution >= 4 is 23.4 Å². The lowest BCUT2D eigenvalue weighted by atomic mass is 10.2. The van der Waals surface area contributed by atoms with Gasteiger partial charge in [0.25, 0.3) is 0 Å². The maximum absolute atomic E-state index is 11.7. The van der Waals surface area contributed by atoms with Gasteiger partial charge in [-0.2, -0.15) is 0 Å². The molecule has 2 rings (SSSR count). The summed E-state index contributed by atoms with van der Waals surface area (Å²) in [6.07, 6.45) is -0.358. The molecule has 20 heavy (non-hydrogen) atoms. The highest BCUT2D eigenvalue weighted by Gasteiger charge is 2.23. The van der Waals surface area contributed by atoms with Crippen LogP contribution in [0.1, 0.15) is 13.8 Å². The van der Waals surface area contributed by atoms with E-state index in [4.69, 9.17) is 9.47 Å². The molecule has 0 saturated carbocycles. The number of amides is 2. The van der Waals surface area contributed by atoms with Gasteiger partial charge in [-0.3, -0.25) is 9.69 Å². The largest absolute Gasteiger partial charge is 0.447 e. The second-order valence-corrected chi connectivity index (χ2v) is 4.72. The predicted octanol–water partition coefficient (Wildman–Crippen LogP) is 2.01. The first-order valence-corrected chi connectivity index (χ1v) is 6.52. The molecule has 0 bridgehead atoms. The van der Waals surface area contributed by atoms with Crippen molar-refractivity contribution in [1.82, 2.24) is 0 Å². The fraction of sp³-hybridized carbons (Fsp3) is 0.429. The zero-order valence-electron chi connectivity index (χ0n) is 11.6. The first-order valence-electron chi connectivity index (χ1n) is 6.52. The molecule has 1 heterocycles. The van der Waals surface area contributed by atoms with Crippen molar-refractivity contribution in [3.8, 4) is 0 Å². The van der Waals surface area contributed by atoms with Crippen LogP contribution in [0.25, 0.3) is 0 Å². The van der Waals surface area contributed by atoms with Crippen LogP contribution >= 0.6 is 0 Å². The number of nitrogens with one attached hydrogen (secondary N) is 1. The Bertz CT molecular complexity index is 502. The second-order valence-electron chi connectivity index (χ2n) is 4.72. The SMILES string of the molecule is CC(C)OCC(=O)Nc1cccc(N2CCOC2=O)c1. The maximum atomic E-state index is 11.7. The van der Waals surface area contributed by atoms with Crippen LogP contribution in [0, 0.1) is 0 Å². The molecule has 1 aliphatic heterocycles. The number of benzene rings is 1. The number of hydrogen-bond donors (Lipinski definition) is 1. The van der Waals surface area contributed by atoms with Crippen LogP contribution in [0.3, 0.4) is 0 Å². The van der Waals surface area contributed by atoms with E-state index < -0.39 is 0 Å². The number of rotatable bonds is 5. The van der Waals surface area contributed by atoms with Crippen LogP contribution in [-0.2, 0) is 14.3 Å². The summed E-state index contributed by atoms with van der Waals surface area (Å²) in [6, 6.07) is 7.07. The summed E-state index contributed by atoms with van der Waals surface area (Å²) in [4.78, 5) is 24.7. The lowest BCUT2D eigenvalue weighted by Crippen LogP contribution is -2.24. The minimum Gasteiger partial charge on any atom is -0.447 e. The Kier molecular flexibility index (Phi) is 4.57. The summed E-state index contributed by atoms with van der Waals surface area (Å²) in [5, 5.41) is 2.73. The minimum atomic E-state index is -0.364. The van der Waals surface area contributed by atoms with Crippen molar-refractivity contribution in [2.24, 2.45) is 0 Å². The highest BCUT2D eigenvalue weighted by molar-refractivity contribution is 5.94. The molecular weight excluding hydrogens is 260 g/mol. The molecule has 1 N–H and O–H groups in total. The predicted molar refractivity (Wildman–Crippen MR) is 74.9 cm³/mol. The molecular formula is C14H18N2O4. The van der Waals surface area contributed by atoms with Gasteiger partial charge < -0.3 is 14.8 Å². The Morgan fingerprint density at radius 1 is 1.50 bits per heavy atom. The summed E-state index contributed by atoms with van der Waals surface area (Å²) in [5.74, 6) is -0.222. The van der Waals surface area contributed by atoms with E-state index in [1.165, 1.54) is 4.90 Å². The lowest BCUT2D eigenvalue weighted by molar-refractivity contribution is -0.121. The van der Waals surface area contributed by atoms with Gasteiger partial charge in [-0.1, -0.05) is 6.07 Å². The summed E-state index contributed by atoms with van der Waals surface area (Å²) < 4.78 is 10.1. The van der Waals surface area contributed by atoms with E-state index in [9.17, 15) is 9.59 Å². The van der Waals surface area contributed by atoms with Crippen LogP contribution in [0.2, 0.25) is 0 Å². The van der Waals surface area contributed by atoms with Crippen molar-refractivity contribution in [3.63, 3.8) is 0 Å². The Hall–Kier alpha value is -2.08. The molecule has 1 aliphatic rings. The van der Waals surface area contributed by atoms with Gasteiger partial charge in [0.05, 0.1) is 12.6 Å². The fourth-order valence-corrected chi connectivity index (χ4v) is 1.82. The van der Waals surface area contributed by atoms with E-state index >= 15 is 0 Å². The Labute approximate surface area is 117 Å². The molecule has 108 valence electrons. The van der Waals surface area contributed by atoms with Crippen molar-refractivity contribution in [1.29, 1.82) is 0 Å². The first kappa shape index (κ1) is 14.3. The molecule has 0 spiro atoms. The van der Waals surface area contributed by atoms with Crippen LogP contribution in [0.5, 0.6) is 0 Å². The summed E-state index contributed by atoms with van der Waals surface area (Å²) in [7, 11) is 0.